The van der Waals surface area contributed by atoms with Gasteiger partial charge in [-0.05, 0) is 23.8 Å². The Balaban J connectivity index is 2.94. The van der Waals surface area contributed by atoms with Gasteiger partial charge in [0.1, 0.15) is 0 Å². The Hall–Kier alpha value is -0.530. The molecule has 47 valence electrons. The molecule has 2 heteroatoms. The molecule has 0 aromatic heterocycles. The van der Waals surface area contributed by atoms with Gasteiger partial charge < -0.3 is 5.73 Å². The molecule has 0 fully saturated rings. The fourth-order valence-corrected chi connectivity index (χ4v) is 0.797. The number of benzene rings is 1. The van der Waals surface area contributed by atoms with Crippen LogP contribution in [-0.4, -0.2) is 0 Å². The van der Waals surface area contributed by atoms with Gasteiger partial charge >= 0.3 is 0 Å². The third kappa shape index (κ3) is 1.70. The molecule has 0 aliphatic carbocycles. The van der Waals surface area contributed by atoms with Crippen LogP contribution >= 0.6 is 11.6 Å². The number of nitrogens with two attached hydrogens (primary N) is 1. The van der Waals surface area contributed by atoms with E-state index in [1.54, 1.807) is 12.1 Å². The summed E-state index contributed by atoms with van der Waals surface area (Å²) >= 11 is 5.65. The topological polar surface area (TPSA) is 26.0 Å². The minimum atomic E-state index is 0.501. The van der Waals surface area contributed by atoms with E-state index in [0.29, 0.717) is 11.6 Å². The smallest absolute Gasteiger partial charge is 0.0409 e. The summed E-state index contributed by atoms with van der Waals surface area (Å²) in [4.78, 5) is 0. The van der Waals surface area contributed by atoms with Gasteiger partial charge in [-0.15, -0.1) is 0 Å². The monoisotopic (exact) mass is 140 g/mol. The van der Waals surface area contributed by atoms with Gasteiger partial charge in [-0.3, -0.25) is 0 Å². The summed E-state index contributed by atoms with van der Waals surface area (Å²) in [5.74, 6) is 0. The highest BCUT2D eigenvalue weighted by molar-refractivity contribution is 6.30. The summed E-state index contributed by atoms with van der Waals surface area (Å²) in [6.45, 7) is 0.501. The number of rotatable bonds is 1. The van der Waals surface area contributed by atoms with Crippen molar-refractivity contribution in [2.45, 2.75) is 6.54 Å². The van der Waals surface area contributed by atoms with E-state index in [1.165, 1.54) is 0 Å². The minimum Gasteiger partial charge on any atom is -0.326 e. The molecule has 0 bridgehead atoms. The zero-order valence-corrected chi connectivity index (χ0v) is 5.65. The lowest BCUT2D eigenvalue weighted by Gasteiger charge is -1.93. The molecule has 0 saturated heterocycles. The lowest BCUT2D eigenvalue weighted by molar-refractivity contribution is 1.07. The van der Waals surface area contributed by atoms with Crippen molar-refractivity contribution in [2.75, 3.05) is 0 Å². The molecule has 2 N–H and O–H groups in total. The molecule has 0 aliphatic heterocycles. The Labute approximate surface area is 59.4 Å². The molecule has 0 aliphatic rings. The number of halogens is 1. The number of hydrogen-bond donors (Lipinski definition) is 1. The van der Waals surface area contributed by atoms with Crippen molar-refractivity contribution in [1.82, 2.24) is 0 Å². The summed E-state index contributed by atoms with van der Waals surface area (Å²) in [6, 6.07) is 8.30. The average molecular weight is 141 g/mol. The Kier molecular flexibility index (Phi) is 2.09. The fraction of sp³-hybridized carbons (Fsp3) is 0.143. The van der Waals surface area contributed by atoms with Gasteiger partial charge in [0.15, 0.2) is 0 Å². The SMILES string of the molecule is NCc1[c]ccc(Cl)c1. The maximum absolute atomic E-state index is 5.65. The molecule has 1 rings (SSSR count). The molecule has 9 heavy (non-hydrogen) atoms. The first kappa shape index (κ1) is 6.59. The van der Waals surface area contributed by atoms with E-state index >= 15 is 0 Å². The summed E-state index contributed by atoms with van der Waals surface area (Å²) < 4.78 is 0. The van der Waals surface area contributed by atoms with Crippen LogP contribution in [0.4, 0.5) is 0 Å². The van der Waals surface area contributed by atoms with Crippen molar-refractivity contribution < 1.29 is 0 Å². The van der Waals surface area contributed by atoms with E-state index in [0.717, 1.165) is 5.56 Å². The summed E-state index contributed by atoms with van der Waals surface area (Å²) in [5.41, 5.74) is 6.28. The average Bonchev–Trinajstić information content (AvgIpc) is 1.88. The molecule has 0 atom stereocenters. The first-order chi connectivity index (χ1) is 4.33. The summed E-state index contributed by atoms with van der Waals surface area (Å²) in [7, 11) is 0. The second-order valence-electron chi connectivity index (χ2n) is 1.74. The Bertz CT molecular complexity index is 198. The zero-order chi connectivity index (χ0) is 6.69. The first-order valence-corrected chi connectivity index (χ1v) is 3.07. The van der Waals surface area contributed by atoms with E-state index in [2.05, 4.69) is 6.07 Å². The maximum atomic E-state index is 5.65. The van der Waals surface area contributed by atoms with Crippen LogP contribution in [0.3, 0.4) is 0 Å². The molecule has 0 unspecified atom stereocenters. The molecule has 0 saturated carbocycles. The number of hydrogen-bond acceptors (Lipinski definition) is 1. The van der Waals surface area contributed by atoms with E-state index in [9.17, 15) is 0 Å². The summed E-state index contributed by atoms with van der Waals surface area (Å²) in [5, 5.41) is 0.717. The molecule has 0 heterocycles. The van der Waals surface area contributed by atoms with Crippen LogP contribution in [0.15, 0.2) is 18.2 Å². The highest BCUT2D eigenvalue weighted by Crippen LogP contribution is 2.08. The van der Waals surface area contributed by atoms with Crippen molar-refractivity contribution in [1.29, 1.82) is 0 Å². The molecule has 1 radical (unpaired) electrons. The molecule has 1 aromatic rings. The Morgan fingerprint density at radius 3 is 2.89 bits per heavy atom. The van der Waals surface area contributed by atoms with Crippen molar-refractivity contribution in [3.8, 4) is 0 Å². The van der Waals surface area contributed by atoms with Crippen molar-refractivity contribution in [2.24, 2.45) is 5.73 Å². The predicted molar refractivity (Wildman–Crippen MR) is 38.2 cm³/mol. The fourth-order valence-electron chi connectivity index (χ4n) is 0.602. The Morgan fingerprint density at radius 1 is 1.67 bits per heavy atom. The molecule has 0 amide bonds. The van der Waals surface area contributed by atoms with Gasteiger partial charge in [0.2, 0.25) is 0 Å². The third-order valence-corrected chi connectivity index (χ3v) is 1.28. The van der Waals surface area contributed by atoms with E-state index in [-0.39, 0.29) is 0 Å². The molecular weight excluding hydrogens is 134 g/mol. The van der Waals surface area contributed by atoms with Gasteiger partial charge in [0, 0.05) is 11.6 Å². The van der Waals surface area contributed by atoms with Crippen LogP contribution in [0, 0.1) is 6.07 Å². The standard InChI is InChI=1S/C7H7ClN/c8-7-3-1-2-6(4-7)5-9/h1,3-4H,5,9H2. The van der Waals surface area contributed by atoms with Gasteiger partial charge in [0.25, 0.3) is 0 Å². The van der Waals surface area contributed by atoms with Crippen LogP contribution < -0.4 is 5.73 Å². The molecule has 1 nitrogen and oxygen atoms in total. The largest absolute Gasteiger partial charge is 0.326 e. The Morgan fingerprint density at radius 2 is 2.44 bits per heavy atom. The van der Waals surface area contributed by atoms with Crippen molar-refractivity contribution >= 4 is 11.6 Å². The predicted octanol–water partition coefficient (Wildman–Crippen LogP) is 1.60. The van der Waals surface area contributed by atoms with E-state index < -0.39 is 0 Å². The molecular formula is C7H7ClN. The zero-order valence-electron chi connectivity index (χ0n) is 4.89. The summed E-state index contributed by atoms with van der Waals surface area (Å²) in [6.07, 6.45) is 0. The normalized spacial score (nSPS) is 9.56. The lowest BCUT2D eigenvalue weighted by Crippen LogP contribution is -1.95. The maximum Gasteiger partial charge on any atom is 0.0409 e. The highest BCUT2D eigenvalue weighted by Gasteiger charge is 1.88. The minimum absolute atomic E-state index is 0.501. The van der Waals surface area contributed by atoms with Crippen LogP contribution in [0.2, 0.25) is 5.02 Å². The van der Waals surface area contributed by atoms with Crippen LogP contribution in [-0.2, 0) is 6.54 Å². The quantitative estimate of drug-likeness (QED) is 0.630. The van der Waals surface area contributed by atoms with Gasteiger partial charge in [-0.1, -0.05) is 17.7 Å². The van der Waals surface area contributed by atoms with E-state index in [4.69, 9.17) is 17.3 Å². The van der Waals surface area contributed by atoms with E-state index in [1.807, 2.05) is 6.07 Å². The molecule has 1 aromatic carbocycles. The second-order valence-corrected chi connectivity index (χ2v) is 2.17. The van der Waals surface area contributed by atoms with Gasteiger partial charge in [-0.2, -0.15) is 0 Å². The lowest BCUT2D eigenvalue weighted by atomic mass is 10.2. The third-order valence-electron chi connectivity index (χ3n) is 1.04. The van der Waals surface area contributed by atoms with Crippen LogP contribution in [0.5, 0.6) is 0 Å². The van der Waals surface area contributed by atoms with Crippen molar-refractivity contribution in [3.63, 3.8) is 0 Å². The molecule has 0 spiro atoms. The van der Waals surface area contributed by atoms with Crippen LogP contribution in [0.1, 0.15) is 5.56 Å². The van der Waals surface area contributed by atoms with Crippen molar-refractivity contribution in [3.05, 3.63) is 34.9 Å². The highest BCUT2D eigenvalue weighted by atomic mass is 35.5. The first-order valence-electron chi connectivity index (χ1n) is 2.69. The van der Waals surface area contributed by atoms with Gasteiger partial charge in [-0.25, -0.2) is 0 Å². The van der Waals surface area contributed by atoms with Gasteiger partial charge in [0.05, 0.1) is 0 Å². The second kappa shape index (κ2) is 2.85. The van der Waals surface area contributed by atoms with Crippen LogP contribution in [0.25, 0.3) is 0 Å².